The van der Waals surface area contributed by atoms with Crippen molar-refractivity contribution in [2.75, 3.05) is 6.61 Å². The van der Waals surface area contributed by atoms with Gasteiger partial charge in [0.1, 0.15) is 5.82 Å². The van der Waals surface area contributed by atoms with Crippen LogP contribution in [0.25, 0.3) is 0 Å². The molecule has 0 atom stereocenters. The maximum Gasteiger partial charge on any atom is 0.218 e. The maximum absolute atomic E-state index is 12.9. The summed E-state index contributed by atoms with van der Waals surface area (Å²) in [5.74, 6) is -0.183. The van der Waals surface area contributed by atoms with Gasteiger partial charge in [0.05, 0.1) is 0 Å². The summed E-state index contributed by atoms with van der Waals surface area (Å²) < 4.78 is 18.5. The Bertz CT molecular complexity index is 286. The highest BCUT2D eigenvalue weighted by molar-refractivity contribution is 6.84. The molecule has 0 N–H and O–H groups in total. The minimum absolute atomic E-state index is 0.183. The zero-order valence-corrected chi connectivity index (χ0v) is 9.30. The lowest BCUT2D eigenvalue weighted by Crippen LogP contribution is -2.44. The van der Waals surface area contributed by atoms with E-state index in [9.17, 15) is 4.39 Å². The van der Waals surface area contributed by atoms with Gasteiger partial charge in [-0.1, -0.05) is 12.1 Å². The summed E-state index contributed by atoms with van der Waals surface area (Å²) >= 11 is 0. The van der Waals surface area contributed by atoms with Gasteiger partial charge in [-0.15, -0.1) is 0 Å². The van der Waals surface area contributed by atoms with E-state index in [1.54, 1.807) is 12.1 Å². The number of hydrogen-bond donors (Lipinski definition) is 0. The number of rotatable bonds is 3. The molecule has 1 nitrogen and oxygen atoms in total. The molecule has 0 fully saturated rings. The van der Waals surface area contributed by atoms with Crippen molar-refractivity contribution in [3.63, 3.8) is 0 Å². The summed E-state index contributed by atoms with van der Waals surface area (Å²) in [4.78, 5) is 0. The van der Waals surface area contributed by atoms with Crippen LogP contribution in [0.4, 0.5) is 4.39 Å². The van der Waals surface area contributed by atoms with Crippen molar-refractivity contribution in [1.29, 1.82) is 0 Å². The van der Waals surface area contributed by atoms with Gasteiger partial charge in [-0.3, -0.25) is 0 Å². The van der Waals surface area contributed by atoms with Gasteiger partial charge in [0.25, 0.3) is 0 Å². The zero-order chi connectivity index (χ0) is 9.90. The largest absolute Gasteiger partial charge is 0.413 e. The topological polar surface area (TPSA) is 9.23 Å². The van der Waals surface area contributed by atoms with Crippen LogP contribution >= 0.6 is 0 Å². The molecular formula is C10H15FOSi. The summed E-state index contributed by atoms with van der Waals surface area (Å²) in [6, 6.07) is 6.70. The molecule has 1 aromatic carbocycles. The summed E-state index contributed by atoms with van der Waals surface area (Å²) in [7, 11) is -1.85. The van der Waals surface area contributed by atoms with Crippen molar-refractivity contribution in [3.05, 3.63) is 30.1 Å². The average molecular weight is 198 g/mol. The zero-order valence-electron chi connectivity index (χ0n) is 8.30. The molecule has 0 bridgehead atoms. The van der Waals surface area contributed by atoms with E-state index in [1.807, 2.05) is 13.0 Å². The molecule has 1 rings (SSSR count). The van der Waals surface area contributed by atoms with E-state index in [1.165, 1.54) is 6.07 Å². The van der Waals surface area contributed by atoms with Crippen molar-refractivity contribution in [2.45, 2.75) is 20.0 Å². The highest BCUT2D eigenvalue weighted by Crippen LogP contribution is 2.06. The Balaban J connectivity index is 2.93. The third-order valence-corrected chi connectivity index (χ3v) is 4.74. The number of hydrogen-bond acceptors (Lipinski definition) is 1. The van der Waals surface area contributed by atoms with Gasteiger partial charge in [-0.05, 0) is 37.3 Å². The van der Waals surface area contributed by atoms with E-state index in [0.29, 0.717) is 6.61 Å². The molecule has 0 saturated carbocycles. The van der Waals surface area contributed by atoms with Crippen molar-refractivity contribution in [3.8, 4) is 0 Å². The number of halogens is 1. The molecule has 0 spiro atoms. The standard InChI is InChI=1S/C10H15FOSi/c1-4-12-13(2,3)10-7-5-6-9(11)8-10/h5-8H,4H2,1-3H3. The second-order valence-electron chi connectivity index (χ2n) is 3.45. The molecule has 0 unspecified atom stereocenters. The van der Waals surface area contributed by atoms with Crippen LogP contribution in [0.15, 0.2) is 24.3 Å². The Labute approximate surface area is 79.7 Å². The Morgan fingerprint density at radius 2 is 2.08 bits per heavy atom. The van der Waals surface area contributed by atoms with E-state index in [-0.39, 0.29) is 5.82 Å². The molecule has 1 aromatic rings. The molecule has 0 radical (unpaired) electrons. The Hall–Kier alpha value is -0.673. The molecule has 0 aliphatic carbocycles. The minimum Gasteiger partial charge on any atom is -0.413 e. The fourth-order valence-electron chi connectivity index (χ4n) is 1.31. The first-order valence-electron chi connectivity index (χ1n) is 4.46. The molecule has 0 saturated heterocycles. The van der Waals surface area contributed by atoms with Gasteiger partial charge >= 0.3 is 0 Å². The highest BCUT2D eigenvalue weighted by atomic mass is 28.4. The van der Waals surface area contributed by atoms with E-state index in [4.69, 9.17) is 4.43 Å². The lowest BCUT2D eigenvalue weighted by atomic mass is 10.3. The van der Waals surface area contributed by atoms with Gasteiger partial charge in [0, 0.05) is 6.61 Å². The molecule has 13 heavy (non-hydrogen) atoms. The van der Waals surface area contributed by atoms with Crippen molar-refractivity contribution in [2.24, 2.45) is 0 Å². The Morgan fingerprint density at radius 3 is 2.62 bits per heavy atom. The number of benzene rings is 1. The molecule has 72 valence electrons. The van der Waals surface area contributed by atoms with Crippen LogP contribution in [0.5, 0.6) is 0 Å². The van der Waals surface area contributed by atoms with Gasteiger partial charge in [0.15, 0.2) is 0 Å². The van der Waals surface area contributed by atoms with Gasteiger partial charge in [-0.2, -0.15) is 0 Å². The molecular weight excluding hydrogens is 183 g/mol. The Kier molecular flexibility index (Phi) is 3.22. The molecule has 0 aromatic heterocycles. The minimum atomic E-state index is -1.85. The van der Waals surface area contributed by atoms with Crippen LogP contribution < -0.4 is 5.19 Å². The lowest BCUT2D eigenvalue weighted by Gasteiger charge is -2.22. The molecule has 0 aliphatic rings. The fourth-order valence-corrected chi connectivity index (χ4v) is 3.18. The smallest absolute Gasteiger partial charge is 0.218 e. The first kappa shape index (κ1) is 10.4. The first-order valence-corrected chi connectivity index (χ1v) is 7.37. The normalized spacial score (nSPS) is 11.7. The second-order valence-corrected chi connectivity index (χ2v) is 7.34. The third kappa shape index (κ3) is 2.64. The van der Waals surface area contributed by atoms with E-state index < -0.39 is 8.32 Å². The van der Waals surface area contributed by atoms with Gasteiger partial charge < -0.3 is 4.43 Å². The van der Waals surface area contributed by atoms with Crippen LogP contribution in [0.1, 0.15) is 6.92 Å². The van der Waals surface area contributed by atoms with E-state index >= 15 is 0 Å². The van der Waals surface area contributed by atoms with Crippen molar-refractivity contribution < 1.29 is 8.82 Å². The maximum atomic E-state index is 12.9. The van der Waals surface area contributed by atoms with Crippen LogP contribution in [0.3, 0.4) is 0 Å². The third-order valence-electron chi connectivity index (χ3n) is 2.03. The summed E-state index contributed by atoms with van der Waals surface area (Å²) in [5, 5.41) is 1.01. The summed E-state index contributed by atoms with van der Waals surface area (Å²) in [6.07, 6.45) is 0. The Morgan fingerprint density at radius 1 is 1.38 bits per heavy atom. The first-order chi connectivity index (χ1) is 6.06. The van der Waals surface area contributed by atoms with Crippen LogP contribution in [-0.2, 0) is 4.43 Å². The SMILES string of the molecule is CCO[Si](C)(C)c1cccc(F)c1. The molecule has 0 amide bonds. The highest BCUT2D eigenvalue weighted by Gasteiger charge is 2.24. The molecule has 3 heteroatoms. The summed E-state index contributed by atoms with van der Waals surface area (Å²) in [5.41, 5.74) is 0. The predicted molar refractivity (Wildman–Crippen MR) is 55.1 cm³/mol. The molecule has 0 heterocycles. The van der Waals surface area contributed by atoms with Crippen LogP contribution in [-0.4, -0.2) is 14.9 Å². The van der Waals surface area contributed by atoms with E-state index in [2.05, 4.69) is 13.1 Å². The van der Waals surface area contributed by atoms with Gasteiger partial charge in [-0.25, -0.2) is 4.39 Å². The average Bonchev–Trinajstić information content (AvgIpc) is 2.04. The van der Waals surface area contributed by atoms with Gasteiger partial charge in [0.2, 0.25) is 8.32 Å². The second kappa shape index (κ2) is 4.02. The van der Waals surface area contributed by atoms with Crippen LogP contribution in [0.2, 0.25) is 13.1 Å². The van der Waals surface area contributed by atoms with Crippen molar-refractivity contribution >= 4 is 13.5 Å². The van der Waals surface area contributed by atoms with Crippen LogP contribution in [0, 0.1) is 5.82 Å². The quantitative estimate of drug-likeness (QED) is 0.677. The predicted octanol–water partition coefficient (Wildman–Crippen LogP) is 2.27. The lowest BCUT2D eigenvalue weighted by molar-refractivity contribution is 0.339. The van der Waals surface area contributed by atoms with E-state index in [0.717, 1.165) is 5.19 Å². The molecule has 0 aliphatic heterocycles. The van der Waals surface area contributed by atoms with Crippen molar-refractivity contribution in [1.82, 2.24) is 0 Å². The fraction of sp³-hybridized carbons (Fsp3) is 0.400. The summed E-state index contributed by atoms with van der Waals surface area (Å²) in [6.45, 7) is 6.81. The monoisotopic (exact) mass is 198 g/mol.